The number of benzene rings is 2. The van der Waals surface area contributed by atoms with Gasteiger partial charge in [0.05, 0.1) is 17.6 Å². The third-order valence-corrected chi connectivity index (χ3v) is 3.96. The van der Waals surface area contributed by atoms with Gasteiger partial charge in [-0.05, 0) is 36.1 Å². The maximum Gasteiger partial charge on any atom is 0.119 e. The first-order valence-electron chi connectivity index (χ1n) is 8.65. The van der Waals surface area contributed by atoms with Crippen molar-refractivity contribution in [3.63, 3.8) is 0 Å². The fourth-order valence-electron chi connectivity index (χ4n) is 2.91. The normalized spacial score (nSPS) is 11.3. The number of nitrogens with zero attached hydrogens (tertiary/aromatic N) is 2. The molecular formula is C21H26ClN2O-. The number of rotatable bonds is 6. The van der Waals surface area contributed by atoms with Crippen LogP contribution >= 0.6 is 0 Å². The molecule has 0 N–H and O–H groups in total. The Morgan fingerprint density at radius 3 is 2.36 bits per heavy atom. The lowest BCUT2D eigenvalue weighted by atomic mass is 9.92. The molecule has 0 radical (unpaired) electrons. The number of halogens is 1. The summed E-state index contributed by atoms with van der Waals surface area (Å²) < 4.78 is 8.18. The van der Waals surface area contributed by atoms with E-state index in [4.69, 9.17) is 9.72 Å². The summed E-state index contributed by atoms with van der Waals surface area (Å²) >= 11 is 0. The second kappa shape index (κ2) is 8.39. The Morgan fingerprint density at radius 1 is 0.960 bits per heavy atom. The van der Waals surface area contributed by atoms with Gasteiger partial charge in [0.25, 0.3) is 0 Å². The topological polar surface area (TPSA) is 27.1 Å². The molecule has 3 rings (SSSR count). The van der Waals surface area contributed by atoms with Gasteiger partial charge in [0.1, 0.15) is 11.6 Å². The lowest BCUT2D eigenvalue weighted by molar-refractivity contribution is -0.00000637. The van der Waals surface area contributed by atoms with Gasteiger partial charge in [-0.25, -0.2) is 4.98 Å². The predicted octanol–water partition coefficient (Wildman–Crippen LogP) is 2.10. The van der Waals surface area contributed by atoms with Crippen LogP contribution in [0.4, 0.5) is 0 Å². The molecule has 0 fully saturated rings. The summed E-state index contributed by atoms with van der Waals surface area (Å²) in [5, 5.41) is 0. The highest BCUT2D eigenvalue weighted by molar-refractivity contribution is 5.75. The van der Waals surface area contributed by atoms with Gasteiger partial charge in [0, 0.05) is 13.0 Å². The minimum absolute atomic E-state index is 0. The molecule has 0 atom stereocenters. The summed E-state index contributed by atoms with van der Waals surface area (Å²) in [4.78, 5) is 4.86. The van der Waals surface area contributed by atoms with Crippen LogP contribution in [0.5, 0.6) is 5.75 Å². The summed E-state index contributed by atoms with van der Waals surface area (Å²) in [5.74, 6) is 2.10. The Bertz CT molecular complexity index is 791. The van der Waals surface area contributed by atoms with Gasteiger partial charge in [-0.15, -0.1) is 0 Å². The third-order valence-electron chi connectivity index (χ3n) is 3.96. The number of imidazole rings is 1. The number of hydrogen-bond donors (Lipinski definition) is 0. The van der Waals surface area contributed by atoms with E-state index in [9.17, 15) is 0 Å². The zero-order valence-electron chi connectivity index (χ0n) is 15.2. The molecule has 4 heteroatoms. The van der Waals surface area contributed by atoms with Crippen molar-refractivity contribution in [3.8, 4) is 5.75 Å². The molecule has 0 aliphatic heterocycles. The van der Waals surface area contributed by atoms with E-state index in [0.717, 1.165) is 30.7 Å². The number of ether oxygens (including phenoxy) is 1. The first-order valence-corrected chi connectivity index (χ1v) is 8.65. The fourth-order valence-corrected chi connectivity index (χ4v) is 2.91. The molecular weight excluding hydrogens is 332 g/mol. The van der Waals surface area contributed by atoms with Crippen LogP contribution in [-0.2, 0) is 13.0 Å². The fraction of sp³-hybridized carbons (Fsp3) is 0.381. The smallest absolute Gasteiger partial charge is 0.119 e. The van der Waals surface area contributed by atoms with Gasteiger partial charge >= 0.3 is 0 Å². The molecule has 0 bridgehead atoms. The third kappa shape index (κ3) is 5.23. The lowest BCUT2D eigenvalue weighted by Gasteiger charge is -2.19. The minimum Gasteiger partial charge on any atom is -1.00 e. The minimum atomic E-state index is 0. The highest BCUT2D eigenvalue weighted by Crippen LogP contribution is 2.24. The number of aromatic nitrogens is 2. The lowest BCUT2D eigenvalue weighted by Crippen LogP contribution is -3.00. The molecule has 2 aromatic carbocycles. The molecule has 0 saturated carbocycles. The second-order valence-corrected chi connectivity index (χ2v) is 7.42. The van der Waals surface area contributed by atoms with E-state index >= 15 is 0 Å². The Hall–Kier alpha value is -2.00. The second-order valence-electron chi connectivity index (χ2n) is 7.42. The zero-order valence-corrected chi connectivity index (χ0v) is 16.0. The zero-order chi connectivity index (χ0) is 17.0. The summed E-state index contributed by atoms with van der Waals surface area (Å²) in [5.41, 5.74) is 2.52. The van der Waals surface area contributed by atoms with E-state index in [1.54, 1.807) is 0 Å². The standard InChI is InChI=1S/C21H26N2O.ClH/c1-21(2,3)16-20-22-18-12-7-8-13-19(18)23(20)14-9-15-24-17-10-5-4-6-11-17;/h4-8,10-13H,9,14-16H2,1-3H3;1H/p-1. The molecule has 3 nitrogen and oxygen atoms in total. The molecule has 0 amide bonds. The Kier molecular flexibility index (Phi) is 6.49. The van der Waals surface area contributed by atoms with Gasteiger partial charge in [-0.1, -0.05) is 51.1 Å². The van der Waals surface area contributed by atoms with Crippen molar-refractivity contribution < 1.29 is 17.1 Å². The monoisotopic (exact) mass is 357 g/mol. The van der Waals surface area contributed by atoms with E-state index < -0.39 is 0 Å². The average Bonchev–Trinajstić information content (AvgIpc) is 2.88. The number of fused-ring (bicyclic) bond motifs is 1. The van der Waals surface area contributed by atoms with Crippen LogP contribution in [0.3, 0.4) is 0 Å². The molecule has 134 valence electrons. The van der Waals surface area contributed by atoms with Crippen LogP contribution in [0.2, 0.25) is 0 Å². The highest BCUT2D eigenvalue weighted by atomic mass is 35.5. The van der Waals surface area contributed by atoms with Crippen LogP contribution < -0.4 is 17.1 Å². The van der Waals surface area contributed by atoms with E-state index in [1.807, 2.05) is 30.3 Å². The number of para-hydroxylation sites is 3. The van der Waals surface area contributed by atoms with Crippen molar-refractivity contribution in [2.24, 2.45) is 5.41 Å². The molecule has 1 heterocycles. The van der Waals surface area contributed by atoms with Crippen LogP contribution in [0.15, 0.2) is 54.6 Å². The molecule has 0 aliphatic carbocycles. The van der Waals surface area contributed by atoms with Crippen molar-refractivity contribution in [2.45, 2.75) is 40.2 Å². The molecule has 3 aromatic rings. The molecule has 0 unspecified atom stereocenters. The largest absolute Gasteiger partial charge is 1.00 e. The summed E-state index contributed by atoms with van der Waals surface area (Å²) in [7, 11) is 0. The summed E-state index contributed by atoms with van der Waals surface area (Å²) in [6, 6.07) is 18.4. The van der Waals surface area contributed by atoms with Crippen molar-refractivity contribution in [2.75, 3.05) is 6.61 Å². The van der Waals surface area contributed by atoms with Gasteiger partial charge in [0.2, 0.25) is 0 Å². The van der Waals surface area contributed by atoms with Crippen molar-refractivity contribution in [3.05, 3.63) is 60.4 Å². The summed E-state index contributed by atoms with van der Waals surface area (Å²) in [6.45, 7) is 8.42. The Balaban J connectivity index is 0.00000225. The van der Waals surface area contributed by atoms with Crippen LogP contribution in [0.1, 0.15) is 33.0 Å². The molecule has 25 heavy (non-hydrogen) atoms. The van der Waals surface area contributed by atoms with Crippen LogP contribution in [0.25, 0.3) is 11.0 Å². The van der Waals surface area contributed by atoms with E-state index in [2.05, 4.69) is 49.6 Å². The molecule has 0 saturated heterocycles. The first kappa shape index (κ1) is 19.3. The van der Waals surface area contributed by atoms with Gasteiger partial charge in [-0.3, -0.25) is 0 Å². The SMILES string of the molecule is CC(C)(C)Cc1nc2ccccc2n1CCCOc1ccccc1.[Cl-]. The van der Waals surface area contributed by atoms with Crippen molar-refractivity contribution >= 4 is 11.0 Å². The van der Waals surface area contributed by atoms with Crippen LogP contribution in [-0.4, -0.2) is 16.2 Å². The van der Waals surface area contributed by atoms with E-state index in [1.165, 1.54) is 11.3 Å². The van der Waals surface area contributed by atoms with Gasteiger partial charge in [-0.2, -0.15) is 0 Å². The van der Waals surface area contributed by atoms with Gasteiger partial charge in [0.15, 0.2) is 0 Å². The van der Waals surface area contributed by atoms with Crippen molar-refractivity contribution in [1.29, 1.82) is 0 Å². The molecule has 0 aliphatic rings. The predicted molar refractivity (Wildman–Crippen MR) is 99.4 cm³/mol. The molecule has 0 spiro atoms. The summed E-state index contributed by atoms with van der Waals surface area (Å²) in [6.07, 6.45) is 1.94. The first-order chi connectivity index (χ1) is 11.5. The highest BCUT2D eigenvalue weighted by Gasteiger charge is 2.17. The number of aryl methyl sites for hydroxylation is 1. The average molecular weight is 358 g/mol. The maximum atomic E-state index is 5.82. The van der Waals surface area contributed by atoms with Gasteiger partial charge < -0.3 is 21.7 Å². The molecule has 1 aromatic heterocycles. The Morgan fingerprint density at radius 2 is 1.64 bits per heavy atom. The van der Waals surface area contributed by atoms with E-state index in [0.29, 0.717) is 6.61 Å². The van der Waals surface area contributed by atoms with E-state index in [-0.39, 0.29) is 17.8 Å². The maximum absolute atomic E-state index is 5.82. The quantitative estimate of drug-likeness (QED) is 0.632. The van der Waals surface area contributed by atoms with Crippen LogP contribution in [0, 0.1) is 5.41 Å². The Labute approximate surface area is 156 Å². The number of hydrogen-bond acceptors (Lipinski definition) is 2. The van der Waals surface area contributed by atoms with Crippen molar-refractivity contribution in [1.82, 2.24) is 9.55 Å².